The highest BCUT2D eigenvalue weighted by atomic mass is 35.5. The third-order valence-electron chi connectivity index (χ3n) is 6.44. The number of carbonyl (C=O) groups excluding carboxylic acids is 3. The predicted molar refractivity (Wildman–Crippen MR) is 160 cm³/mol. The van der Waals surface area contributed by atoms with Gasteiger partial charge in [-0.2, -0.15) is 13.2 Å². The van der Waals surface area contributed by atoms with Crippen LogP contribution in [-0.4, -0.2) is 27.8 Å². The quantitative estimate of drug-likeness (QED) is 0.176. The molecule has 1 saturated carbocycles. The van der Waals surface area contributed by atoms with Crippen molar-refractivity contribution >= 4 is 75.7 Å². The second kappa shape index (κ2) is 12.5. The minimum atomic E-state index is -4.76. The number of hydrogen-bond acceptors (Lipinski definition) is 4. The summed E-state index contributed by atoms with van der Waals surface area (Å²) in [5.74, 6) is -7.61. The van der Waals surface area contributed by atoms with Crippen LogP contribution < -0.4 is 20.7 Å². The van der Waals surface area contributed by atoms with E-state index >= 15 is 4.39 Å². The molecule has 0 aliphatic heterocycles. The van der Waals surface area contributed by atoms with Crippen molar-refractivity contribution in [2.75, 3.05) is 10.6 Å². The van der Waals surface area contributed by atoms with E-state index in [0.29, 0.717) is 0 Å². The van der Waals surface area contributed by atoms with E-state index in [1.807, 2.05) is 0 Å². The number of carbonyl (C=O) groups is 3. The summed E-state index contributed by atoms with van der Waals surface area (Å²) < 4.78 is 72.4. The molecule has 3 aromatic rings. The fraction of sp³-hybridized carbons (Fsp3) is 0.276. The number of halogens is 9. The highest BCUT2D eigenvalue weighted by molar-refractivity contribution is 6.53. The van der Waals surface area contributed by atoms with Gasteiger partial charge in [-0.3, -0.25) is 9.59 Å². The fourth-order valence-corrected chi connectivity index (χ4v) is 5.61. The Hall–Kier alpha value is -3.32. The number of nitrogens with one attached hydrogen (secondary N) is 3. The SMILES string of the molecule is CC(C)(C)NC(=O)Oc1c(F)ccc(NC(=O)c2cc(NC(=O)C3C(c4ccc(Cl)c(C(F)(F)F)c4)C3(Cl)Cl)ccc2Cl)c1F. The first-order chi connectivity index (χ1) is 20.7. The second-order valence-corrected chi connectivity index (χ2v) is 13.3. The summed E-state index contributed by atoms with van der Waals surface area (Å²) in [5.41, 5.74) is -2.65. The Morgan fingerprint density at radius 1 is 0.889 bits per heavy atom. The lowest BCUT2D eigenvalue weighted by Crippen LogP contribution is -2.42. The van der Waals surface area contributed by atoms with Crippen molar-refractivity contribution in [2.24, 2.45) is 5.92 Å². The first-order valence-corrected chi connectivity index (χ1v) is 14.4. The molecule has 3 amide bonds. The zero-order valence-corrected chi connectivity index (χ0v) is 26.3. The van der Waals surface area contributed by atoms with E-state index in [1.165, 1.54) is 18.2 Å². The van der Waals surface area contributed by atoms with Crippen LogP contribution >= 0.6 is 46.4 Å². The van der Waals surface area contributed by atoms with Gasteiger partial charge in [-0.1, -0.05) is 29.3 Å². The Kier molecular flexibility index (Phi) is 9.57. The van der Waals surface area contributed by atoms with Gasteiger partial charge in [0.2, 0.25) is 11.7 Å². The first-order valence-electron chi connectivity index (χ1n) is 12.8. The van der Waals surface area contributed by atoms with Gasteiger partial charge >= 0.3 is 12.3 Å². The van der Waals surface area contributed by atoms with Crippen LogP contribution in [0, 0.1) is 17.6 Å². The van der Waals surface area contributed by atoms with Gasteiger partial charge in [0.25, 0.3) is 5.91 Å². The molecule has 45 heavy (non-hydrogen) atoms. The van der Waals surface area contributed by atoms with Crippen LogP contribution in [0.2, 0.25) is 10.0 Å². The monoisotopic (exact) mass is 711 g/mol. The Morgan fingerprint density at radius 3 is 2.16 bits per heavy atom. The van der Waals surface area contributed by atoms with Crippen LogP contribution in [0.4, 0.5) is 38.1 Å². The Labute approximate surface area is 273 Å². The van der Waals surface area contributed by atoms with Crippen molar-refractivity contribution < 1.29 is 41.1 Å². The van der Waals surface area contributed by atoms with E-state index in [0.717, 1.165) is 30.3 Å². The van der Waals surface area contributed by atoms with Crippen LogP contribution in [0.3, 0.4) is 0 Å². The van der Waals surface area contributed by atoms with E-state index in [-0.39, 0.29) is 21.8 Å². The molecule has 0 aromatic heterocycles. The third-order valence-corrected chi connectivity index (χ3v) is 8.04. The number of ether oxygens (including phenoxy) is 1. The van der Waals surface area contributed by atoms with Crippen molar-refractivity contribution in [3.8, 4) is 5.75 Å². The number of hydrogen-bond donors (Lipinski definition) is 3. The van der Waals surface area contributed by atoms with E-state index in [1.54, 1.807) is 20.8 Å². The van der Waals surface area contributed by atoms with Gasteiger partial charge in [0.15, 0.2) is 11.6 Å². The Bertz CT molecular complexity index is 1700. The standard InChI is InChI=1S/C29H22Cl4F5N3O4/c1-27(2,3)41-26(44)45-23-18(34)8-9-19(22(23)35)40-24(42)14-11-13(5-7-16(14)30)39-25(43)21-20(28(21,32)33)12-4-6-17(31)15(10-12)29(36,37)38/h4-11,20-21H,1-3H3,(H,39,43)(H,40,42)(H,41,44). The van der Waals surface area contributed by atoms with E-state index in [4.69, 9.17) is 51.1 Å². The largest absolute Gasteiger partial charge is 0.417 e. The molecule has 7 nitrogen and oxygen atoms in total. The lowest BCUT2D eigenvalue weighted by atomic mass is 10.0. The lowest BCUT2D eigenvalue weighted by Gasteiger charge is -2.20. The summed E-state index contributed by atoms with van der Waals surface area (Å²) in [6.07, 6.45) is -5.89. The Morgan fingerprint density at radius 2 is 1.53 bits per heavy atom. The number of benzene rings is 3. The van der Waals surface area contributed by atoms with Crippen molar-refractivity contribution in [2.45, 2.75) is 42.7 Å². The van der Waals surface area contributed by atoms with Crippen molar-refractivity contribution in [3.05, 3.63) is 86.9 Å². The minimum Gasteiger partial charge on any atom is -0.404 e. The van der Waals surface area contributed by atoms with Crippen LogP contribution in [0.15, 0.2) is 48.5 Å². The lowest BCUT2D eigenvalue weighted by molar-refractivity contribution is -0.137. The van der Waals surface area contributed by atoms with Gasteiger partial charge in [-0.05, 0) is 68.8 Å². The second-order valence-electron chi connectivity index (χ2n) is 11.0. The molecular formula is C29H22Cl4F5N3O4. The zero-order chi connectivity index (χ0) is 33.6. The average Bonchev–Trinajstić information content (AvgIpc) is 3.49. The molecule has 4 rings (SSSR count). The zero-order valence-electron chi connectivity index (χ0n) is 23.3. The first kappa shape index (κ1) is 34.6. The van der Waals surface area contributed by atoms with Crippen molar-refractivity contribution in [1.29, 1.82) is 0 Å². The summed E-state index contributed by atoms with van der Waals surface area (Å²) in [5, 5.41) is 6.41. The van der Waals surface area contributed by atoms with Crippen LogP contribution in [0.5, 0.6) is 5.75 Å². The minimum absolute atomic E-state index is 0.0128. The molecule has 1 aliphatic carbocycles. The molecule has 3 aromatic carbocycles. The molecule has 16 heteroatoms. The molecule has 3 N–H and O–H groups in total. The molecule has 1 aliphatic rings. The third kappa shape index (κ3) is 7.74. The van der Waals surface area contributed by atoms with Crippen LogP contribution in [0.1, 0.15) is 48.2 Å². The van der Waals surface area contributed by atoms with Crippen molar-refractivity contribution in [3.63, 3.8) is 0 Å². The predicted octanol–water partition coefficient (Wildman–Crippen LogP) is 8.96. The number of rotatable bonds is 6. The summed E-state index contributed by atoms with van der Waals surface area (Å²) >= 11 is 24.4. The molecule has 2 unspecified atom stereocenters. The average molecular weight is 713 g/mol. The Balaban J connectivity index is 1.51. The molecule has 0 radical (unpaired) electrons. The smallest absolute Gasteiger partial charge is 0.404 e. The summed E-state index contributed by atoms with van der Waals surface area (Å²) in [6.45, 7) is 4.86. The molecule has 0 bridgehead atoms. The summed E-state index contributed by atoms with van der Waals surface area (Å²) in [4.78, 5) is 38.1. The number of anilines is 2. The van der Waals surface area contributed by atoms with Crippen molar-refractivity contribution in [1.82, 2.24) is 5.32 Å². The van der Waals surface area contributed by atoms with Gasteiger partial charge in [0, 0.05) is 17.1 Å². The maximum absolute atomic E-state index is 15.1. The maximum atomic E-state index is 15.1. The molecule has 1 fully saturated rings. The molecule has 2 atom stereocenters. The van der Waals surface area contributed by atoms with Gasteiger partial charge in [-0.25, -0.2) is 13.6 Å². The summed E-state index contributed by atoms with van der Waals surface area (Å²) in [6, 6.07) is 8.44. The van der Waals surface area contributed by atoms with E-state index < -0.39 is 79.4 Å². The number of alkyl halides is 5. The molecular weight excluding hydrogens is 691 g/mol. The van der Waals surface area contributed by atoms with E-state index in [2.05, 4.69) is 16.0 Å². The molecule has 0 saturated heterocycles. The normalized spacial score (nSPS) is 17.3. The number of amides is 3. The van der Waals surface area contributed by atoms with Gasteiger partial charge in [0.1, 0.15) is 4.33 Å². The molecule has 240 valence electrons. The molecule has 0 heterocycles. The highest BCUT2D eigenvalue weighted by Gasteiger charge is 2.67. The molecule has 0 spiro atoms. The van der Waals surface area contributed by atoms with E-state index in [9.17, 15) is 31.9 Å². The van der Waals surface area contributed by atoms with Crippen LogP contribution in [0.25, 0.3) is 0 Å². The fourth-order valence-electron chi connectivity index (χ4n) is 4.35. The van der Waals surface area contributed by atoms with Gasteiger partial charge in [0.05, 0.1) is 32.8 Å². The van der Waals surface area contributed by atoms with Crippen LogP contribution in [-0.2, 0) is 11.0 Å². The topological polar surface area (TPSA) is 96.5 Å². The summed E-state index contributed by atoms with van der Waals surface area (Å²) in [7, 11) is 0. The maximum Gasteiger partial charge on any atom is 0.417 e. The highest BCUT2D eigenvalue weighted by Crippen LogP contribution is 2.65. The van der Waals surface area contributed by atoms with Gasteiger partial charge in [-0.15, -0.1) is 23.2 Å². The van der Waals surface area contributed by atoms with Gasteiger partial charge < -0.3 is 20.7 Å².